The molecule has 3 atom stereocenters. The van der Waals surface area contributed by atoms with Gasteiger partial charge in [0.25, 0.3) is 0 Å². The van der Waals surface area contributed by atoms with E-state index < -0.39 is 0 Å². The average molecular weight is 273 g/mol. The van der Waals surface area contributed by atoms with Crippen molar-refractivity contribution >= 4 is 0 Å². The normalized spacial score (nSPS) is 27.6. The highest BCUT2D eigenvalue weighted by Gasteiger charge is 2.29. The summed E-state index contributed by atoms with van der Waals surface area (Å²) in [7, 11) is 3.73. The van der Waals surface area contributed by atoms with Crippen molar-refractivity contribution in [2.45, 2.75) is 51.2 Å². The Morgan fingerprint density at radius 2 is 1.89 bits per heavy atom. The van der Waals surface area contributed by atoms with Gasteiger partial charge in [0, 0.05) is 13.2 Å². The van der Waals surface area contributed by atoms with Crippen LogP contribution in [-0.4, -0.2) is 52.7 Å². The molecule has 0 saturated heterocycles. The van der Waals surface area contributed by atoms with Crippen molar-refractivity contribution < 1.29 is 14.2 Å². The lowest BCUT2D eigenvalue weighted by atomic mass is 9.81. The van der Waals surface area contributed by atoms with Gasteiger partial charge in [-0.15, -0.1) is 0 Å². The quantitative estimate of drug-likeness (QED) is 0.620. The second-order valence-corrected chi connectivity index (χ2v) is 5.38. The Hall–Kier alpha value is -0.160. The van der Waals surface area contributed by atoms with Gasteiger partial charge in [-0.25, -0.2) is 0 Å². The first-order valence-electron chi connectivity index (χ1n) is 7.67. The standard InChI is InChI=1S/C15H31NO3/c1-4-5-13-6-7-14(16-2)15(12-13)19-11-10-18-9-8-17-3/h13-16H,4-12H2,1-3H3. The lowest BCUT2D eigenvalue weighted by Gasteiger charge is -2.36. The van der Waals surface area contributed by atoms with Gasteiger partial charge in [-0.2, -0.15) is 0 Å². The van der Waals surface area contributed by atoms with Crippen LogP contribution in [0.2, 0.25) is 0 Å². The molecule has 1 aliphatic carbocycles. The summed E-state index contributed by atoms with van der Waals surface area (Å²) >= 11 is 0. The summed E-state index contributed by atoms with van der Waals surface area (Å²) < 4.78 is 16.4. The van der Waals surface area contributed by atoms with Crippen molar-refractivity contribution in [3.8, 4) is 0 Å². The van der Waals surface area contributed by atoms with Crippen molar-refractivity contribution in [3.05, 3.63) is 0 Å². The van der Waals surface area contributed by atoms with E-state index in [2.05, 4.69) is 12.2 Å². The van der Waals surface area contributed by atoms with E-state index in [4.69, 9.17) is 14.2 Å². The zero-order chi connectivity index (χ0) is 13.9. The van der Waals surface area contributed by atoms with Crippen molar-refractivity contribution in [1.82, 2.24) is 5.32 Å². The first-order chi connectivity index (χ1) is 9.31. The minimum Gasteiger partial charge on any atom is -0.382 e. The fourth-order valence-electron chi connectivity index (χ4n) is 2.90. The molecule has 0 aromatic carbocycles. The first kappa shape index (κ1) is 16.9. The molecule has 0 aromatic heterocycles. The number of hydrogen-bond donors (Lipinski definition) is 1. The second kappa shape index (κ2) is 10.6. The lowest BCUT2D eigenvalue weighted by Crippen LogP contribution is -2.44. The van der Waals surface area contributed by atoms with Crippen LogP contribution in [0.4, 0.5) is 0 Å². The third-order valence-corrected chi connectivity index (χ3v) is 3.96. The maximum atomic E-state index is 6.01. The van der Waals surface area contributed by atoms with E-state index in [1.807, 2.05) is 7.05 Å². The highest BCUT2D eigenvalue weighted by atomic mass is 16.5. The Morgan fingerprint density at radius 1 is 1.11 bits per heavy atom. The molecule has 0 heterocycles. The number of ether oxygens (including phenoxy) is 3. The minimum atomic E-state index is 0.348. The minimum absolute atomic E-state index is 0.348. The monoisotopic (exact) mass is 273 g/mol. The lowest BCUT2D eigenvalue weighted by molar-refractivity contribution is -0.0403. The van der Waals surface area contributed by atoms with Crippen LogP contribution < -0.4 is 5.32 Å². The predicted molar refractivity (Wildman–Crippen MR) is 77.5 cm³/mol. The molecule has 0 aliphatic heterocycles. The molecule has 19 heavy (non-hydrogen) atoms. The molecule has 1 saturated carbocycles. The molecule has 1 rings (SSSR count). The van der Waals surface area contributed by atoms with Crippen molar-refractivity contribution in [2.24, 2.45) is 5.92 Å². The van der Waals surface area contributed by atoms with Gasteiger partial charge in [0.05, 0.1) is 32.5 Å². The molecule has 4 nitrogen and oxygen atoms in total. The largest absolute Gasteiger partial charge is 0.382 e. The van der Waals surface area contributed by atoms with Crippen molar-refractivity contribution in [3.63, 3.8) is 0 Å². The Morgan fingerprint density at radius 3 is 2.58 bits per heavy atom. The molecule has 1 N–H and O–H groups in total. The van der Waals surface area contributed by atoms with Gasteiger partial charge in [0.15, 0.2) is 0 Å². The van der Waals surface area contributed by atoms with Crippen LogP contribution in [0.25, 0.3) is 0 Å². The van der Waals surface area contributed by atoms with Crippen LogP contribution >= 0.6 is 0 Å². The molecular weight excluding hydrogens is 242 g/mol. The number of nitrogens with one attached hydrogen (secondary N) is 1. The summed E-state index contributed by atoms with van der Waals surface area (Å²) in [6, 6.07) is 0.507. The van der Waals surface area contributed by atoms with E-state index in [1.54, 1.807) is 7.11 Å². The van der Waals surface area contributed by atoms with Crippen LogP contribution in [0.15, 0.2) is 0 Å². The second-order valence-electron chi connectivity index (χ2n) is 5.38. The third kappa shape index (κ3) is 6.70. The number of likely N-dealkylation sites (N-methyl/N-ethyl adjacent to an activating group) is 1. The predicted octanol–water partition coefficient (Wildman–Crippen LogP) is 2.22. The highest BCUT2D eigenvalue weighted by Crippen LogP contribution is 2.29. The van der Waals surface area contributed by atoms with Gasteiger partial charge in [0.2, 0.25) is 0 Å². The van der Waals surface area contributed by atoms with E-state index in [1.165, 1.54) is 32.1 Å². The summed E-state index contributed by atoms with van der Waals surface area (Å²) in [6.07, 6.45) is 6.72. The third-order valence-electron chi connectivity index (χ3n) is 3.96. The van der Waals surface area contributed by atoms with E-state index in [0.29, 0.717) is 38.6 Å². The molecule has 114 valence electrons. The van der Waals surface area contributed by atoms with Gasteiger partial charge in [-0.3, -0.25) is 0 Å². The Balaban J connectivity index is 2.19. The Bertz CT molecular complexity index is 214. The summed E-state index contributed by atoms with van der Waals surface area (Å²) in [4.78, 5) is 0. The molecule has 0 bridgehead atoms. The van der Waals surface area contributed by atoms with Gasteiger partial charge in [0.1, 0.15) is 0 Å². The maximum absolute atomic E-state index is 6.01. The summed E-state index contributed by atoms with van der Waals surface area (Å²) in [5.41, 5.74) is 0. The molecule has 4 heteroatoms. The molecule has 1 fully saturated rings. The highest BCUT2D eigenvalue weighted by molar-refractivity contribution is 4.84. The summed E-state index contributed by atoms with van der Waals surface area (Å²) in [5, 5.41) is 3.39. The molecule has 1 aliphatic rings. The first-order valence-corrected chi connectivity index (χ1v) is 7.67. The van der Waals surface area contributed by atoms with E-state index >= 15 is 0 Å². The fraction of sp³-hybridized carbons (Fsp3) is 1.00. The summed E-state index contributed by atoms with van der Waals surface area (Å²) in [6.45, 7) is 4.92. The SMILES string of the molecule is CCCC1CCC(NC)C(OCCOCCOC)C1. The molecule has 3 unspecified atom stereocenters. The van der Waals surface area contributed by atoms with Crippen LogP contribution in [-0.2, 0) is 14.2 Å². The Kier molecular flexibility index (Phi) is 9.43. The zero-order valence-corrected chi connectivity index (χ0v) is 12.8. The number of hydrogen-bond acceptors (Lipinski definition) is 4. The molecule has 0 radical (unpaired) electrons. The molecule has 0 spiro atoms. The van der Waals surface area contributed by atoms with Crippen LogP contribution in [0.5, 0.6) is 0 Å². The van der Waals surface area contributed by atoms with Gasteiger partial charge >= 0.3 is 0 Å². The van der Waals surface area contributed by atoms with Crippen LogP contribution in [0.3, 0.4) is 0 Å². The van der Waals surface area contributed by atoms with Crippen LogP contribution in [0, 0.1) is 5.92 Å². The Labute approximate surface area is 118 Å². The fourth-order valence-corrected chi connectivity index (χ4v) is 2.90. The van der Waals surface area contributed by atoms with Gasteiger partial charge in [-0.1, -0.05) is 19.8 Å². The van der Waals surface area contributed by atoms with Gasteiger partial charge < -0.3 is 19.5 Å². The van der Waals surface area contributed by atoms with Crippen molar-refractivity contribution in [1.29, 1.82) is 0 Å². The van der Waals surface area contributed by atoms with E-state index in [-0.39, 0.29) is 0 Å². The average Bonchev–Trinajstić information content (AvgIpc) is 2.43. The maximum Gasteiger partial charge on any atom is 0.0731 e. The summed E-state index contributed by atoms with van der Waals surface area (Å²) in [5.74, 6) is 0.842. The van der Waals surface area contributed by atoms with Crippen molar-refractivity contribution in [2.75, 3.05) is 40.6 Å². The van der Waals surface area contributed by atoms with Gasteiger partial charge in [-0.05, 0) is 32.2 Å². The number of rotatable bonds is 10. The van der Waals surface area contributed by atoms with Crippen LogP contribution in [0.1, 0.15) is 39.0 Å². The molecule has 0 aromatic rings. The molecule has 0 amide bonds. The number of methoxy groups -OCH3 is 1. The van der Waals surface area contributed by atoms with E-state index in [9.17, 15) is 0 Å². The topological polar surface area (TPSA) is 39.7 Å². The van der Waals surface area contributed by atoms with E-state index in [0.717, 1.165) is 5.92 Å². The zero-order valence-electron chi connectivity index (χ0n) is 12.8. The molecular formula is C15H31NO3. The smallest absolute Gasteiger partial charge is 0.0731 e.